The Hall–Kier alpha value is -2.26. The number of hydrogen-bond donors (Lipinski definition) is 1. The van der Waals surface area contributed by atoms with E-state index in [0.29, 0.717) is 17.4 Å². The molecule has 0 spiro atoms. The third kappa shape index (κ3) is 3.68. The zero-order valence-electron chi connectivity index (χ0n) is 11.3. The van der Waals surface area contributed by atoms with E-state index in [1.807, 2.05) is 30.3 Å². The Morgan fingerprint density at radius 2 is 2.14 bits per heavy atom. The van der Waals surface area contributed by atoms with E-state index >= 15 is 0 Å². The van der Waals surface area contributed by atoms with Crippen LogP contribution in [0.2, 0.25) is 0 Å². The predicted molar refractivity (Wildman–Crippen MR) is 80.9 cm³/mol. The molecular formula is C13H11N5O2S2. The molecule has 0 amide bonds. The maximum absolute atomic E-state index is 10.7. The molecule has 0 atom stereocenters. The molecule has 0 aliphatic heterocycles. The lowest BCUT2D eigenvalue weighted by Crippen LogP contribution is -2.03. The number of carboxylic acid groups (broad SMARTS) is 1. The number of tetrazole rings is 1. The van der Waals surface area contributed by atoms with Crippen LogP contribution in [0, 0.1) is 0 Å². The first-order chi connectivity index (χ1) is 10.7. The first kappa shape index (κ1) is 14.7. The second kappa shape index (κ2) is 6.67. The van der Waals surface area contributed by atoms with Gasteiger partial charge in [0.05, 0.1) is 18.7 Å². The molecule has 3 aromatic rings. The van der Waals surface area contributed by atoms with E-state index in [4.69, 9.17) is 5.11 Å². The Balaban J connectivity index is 1.72. The molecule has 112 valence electrons. The molecule has 0 radical (unpaired) electrons. The molecule has 2 heterocycles. The minimum absolute atomic E-state index is 0.0774. The highest BCUT2D eigenvalue weighted by atomic mass is 32.2. The lowest BCUT2D eigenvalue weighted by molar-refractivity contribution is -0.136. The summed E-state index contributed by atoms with van der Waals surface area (Å²) in [6, 6.07) is 9.89. The smallest absolute Gasteiger partial charge is 0.309 e. The standard InChI is InChI=1S/C13H11N5O2S2/c19-11(20)6-10-8-21-13(14-10)22-12-15-16-17-18(12)7-9-4-2-1-3-5-9/h1-5,8H,6-7H2,(H,19,20). The Labute approximate surface area is 134 Å². The Morgan fingerprint density at radius 3 is 2.91 bits per heavy atom. The van der Waals surface area contributed by atoms with E-state index in [1.54, 1.807) is 10.1 Å². The van der Waals surface area contributed by atoms with E-state index < -0.39 is 5.97 Å². The second-order valence-corrected chi connectivity index (χ2v) is 6.45. The number of carboxylic acids is 1. The molecule has 0 saturated heterocycles. The van der Waals surface area contributed by atoms with E-state index in [0.717, 1.165) is 9.90 Å². The number of nitrogens with zero attached hydrogens (tertiary/aromatic N) is 5. The molecule has 0 unspecified atom stereocenters. The van der Waals surface area contributed by atoms with Crippen LogP contribution in [0.25, 0.3) is 0 Å². The molecule has 3 rings (SSSR count). The predicted octanol–water partition coefficient (Wildman–Crippen LogP) is 1.96. The lowest BCUT2D eigenvalue weighted by Gasteiger charge is -2.02. The molecule has 0 fully saturated rings. The average Bonchev–Trinajstić information content (AvgIpc) is 3.10. The van der Waals surface area contributed by atoms with Gasteiger partial charge in [0.25, 0.3) is 0 Å². The molecule has 2 aromatic heterocycles. The maximum Gasteiger partial charge on any atom is 0.309 e. The van der Waals surface area contributed by atoms with Crippen molar-refractivity contribution in [1.82, 2.24) is 25.2 Å². The van der Waals surface area contributed by atoms with Gasteiger partial charge in [0.15, 0.2) is 4.34 Å². The van der Waals surface area contributed by atoms with E-state index in [9.17, 15) is 4.79 Å². The SMILES string of the molecule is O=C(O)Cc1csc(Sc2nnnn2Cc2ccccc2)n1. The average molecular weight is 333 g/mol. The summed E-state index contributed by atoms with van der Waals surface area (Å²) in [5, 5.41) is 22.8. The fourth-order valence-corrected chi connectivity index (χ4v) is 3.48. The van der Waals surface area contributed by atoms with Gasteiger partial charge >= 0.3 is 5.97 Å². The zero-order chi connectivity index (χ0) is 15.4. The van der Waals surface area contributed by atoms with Crippen LogP contribution < -0.4 is 0 Å². The number of rotatable bonds is 6. The van der Waals surface area contributed by atoms with Gasteiger partial charge in [0.2, 0.25) is 5.16 Å². The van der Waals surface area contributed by atoms with Crippen molar-refractivity contribution in [2.45, 2.75) is 22.5 Å². The van der Waals surface area contributed by atoms with Gasteiger partial charge < -0.3 is 5.11 Å². The zero-order valence-corrected chi connectivity index (χ0v) is 12.9. The van der Waals surface area contributed by atoms with Crippen LogP contribution in [-0.4, -0.2) is 36.3 Å². The highest BCUT2D eigenvalue weighted by molar-refractivity contribution is 8.00. The summed E-state index contributed by atoms with van der Waals surface area (Å²) in [5.41, 5.74) is 1.64. The quantitative estimate of drug-likeness (QED) is 0.737. The van der Waals surface area contributed by atoms with Crippen LogP contribution in [-0.2, 0) is 17.8 Å². The van der Waals surface area contributed by atoms with Crippen molar-refractivity contribution in [2.75, 3.05) is 0 Å². The van der Waals surface area contributed by atoms with Crippen LogP contribution >= 0.6 is 23.1 Å². The summed E-state index contributed by atoms with van der Waals surface area (Å²) >= 11 is 2.71. The van der Waals surface area contributed by atoms with Gasteiger partial charge in [-0.15, -0.1) is 16.4 Å². The largest absolute Gasteiger partial charge is 0.481 e. The van der Waals surface area contributed by atoms with Gasteiger partial charge in [-0.05, 0) is 27.8 Å². The van der Waals surface area contributed by atoms with Gasteiger partial charge in [-0.25, -0.2) is 9.67 Å². The fraction of sp³-hybridized carbons (Fsp3) is 0.154. The molecule has 1 aromatic carbocycles. The molecule has 0 aliphatic rings. The van der Waals surface area contributed by atoms with Crippen molar-refractivity contribution in [3.05, 3.63) is 47.0 Å². The van der Waals surface area contributed by atoms with E-state index in [1.165, 1.54) is 23.1 Å². The van der Waals surface area contributed by atoms with Gasteiger partial charge in [-0.3, -0.25) is 4.79 Å². The summed E-state index contributed by atoms with van der Waals surface area (Å²) in [4.78, 5) is 14.9. The van der Waals surface area contributed by atoms with Gasteiger partial charge in [0.1, 0.15) is 0 Å². The molecule has 0 bridgehead atoms. The Kier molecular flexibility index (Phi) is 4.45. The summed E-state index contributed by atoms with van der Waals surface area (Å²) in [5.74, 6) is -0.893. The molecule has 1 N–H and O–H groups in total. The van der Waals surface area contributed by atoms with E-state index in [2.05, 4.69) is 20.5 Å². The summed E-state index contributed by atoms with van der Waals surface area (Å²) in [6.45, 7) is 0.573. The van der Waals surface area contributed by atoms with Crippen LogP contribution in [0.5, 0.6) is 0 Å². The highest BCUT2D eigenvalue weighted by Crippen LogP contribution is 2.28. The van der Waals surface area contributed by atoms with Gasteiger partial charge in [0, 0.05) is 5.38 Å². The van der Waals surface area contributed by atoms with Crippen molar-refractivity contribution in [2.24, 2.45) is 0 Å². The number of aliphatic carboxylic acids is 1. The van der Waals surface area contributed by atoms with Crippen molar-refractivity contribution >= 4 is 29.1 Å². The Morgan fingerprint density at radius 1 is 1.32 bits per heavy atom. The third-order valence-electron chi connectivity index (χ3n) is 2.72. The van der Waals surface area contributed by atoms with Crippen LogP contribution in [0.15, 0.2) is 45.2 Å². The second-order valence-electron chi connectivity index (χ2n) is 4.38. The van der Waals surface area contributed by atoms with Crippen molar-refractivity contribution in [1.29, 1.82) is 0 Å². The van der Waals surface area contributed by atoms with Crippen LogP contribution in [0.1, 0.15) is 11.3 Å². The molecule has 22 heavy (non-hydrogen) atoms. The summed E-state index contributed by atoms with van der Waals surface area (Å²) in [7, 11) is 0. The molecule has 9 heteroatoms. The highest BCUT2D eigenvalue weighted by Gasteiger charge is 2.12. The van der Waals surface area contributed by atoms with Crippen LogP contribution in [0.3, 0.4) is 0 Å². The van der Waals surface area contributed by atoms with Crippen molar-refractivity contribution in [3.8, 4) is 0 Å². The maximum atomic E-state index is 10.7. The topological polar surface area (TPSA) is 93.8 Å². The molecule has 0 saturated carbocycles. The number of benzene rings is 1. The molecule has 7 nitrogen and oxygen atoms in total. The fourth-order valence-electron chi connectivity index (χ4n) is 1.77. The minimum atomic E-state index is -0.893. The minimum Gasteiger partial charge on any atom is -0.481 e. The number of aromatic nitrogens is 5. The number of carbonyl (C=O) groups is 1. The van der Waals surface area contributed by atoms with E-state index in [-0.39, 0.29) is 6.42 Å². The van der Waals surface area contributed by atoms with Crippen molar-refractivity contribution < 1.29 is 9.90 Å². The van der Waals surface area contributed by atoms with Crippen molar-refractivity contribution in [3.63, 3.8) is 0 Å². The van der Waals surface area contributed by atoms with Gasteiger partial charge in [-0.2, -0.15) is 0 Å². The molecular weight excluding hydrogens is 322 g/mol. The van der Waals surface area contributed by atoms with Gasteiger partial charge in [-0.1, -0.05) is 30.3 Å². The monoisotopic (exact) mass is 333 g/mol. The normalized spacial score (nSPS) is 10.7. The third-order valence-corrected chi connectivity index (χ3v) is 4.68. The summed E-state index contributed by atoms with van der Waals surface area (Å²) in [6.07, 6.45) is -0.0774. The Bertz CT molecular complexity index is 772. The first-order valence-corrected chi connectivity index (χ1v) is 8.04. The summed E-state index contributed by atoms with van der Waals surface area (Å²) < 4.78 is 2.42. The molecule has 0 aliphatic carbocycles. The lowest BCUT2D eigenvalue weighted by atomic mass is 10.2. The first-order valence-electron chi connectivity index (χ1n) is 6.35. The number of hydrogen-bond acceptors (Lipinski definition) is 7. The number of thiazole rings is 1. The van der Waals surface area contributed by atoms with Crippen LogP contribution in [0.4, 0.5) is 0 Å².